The molecular weight excluding hydrogens is 306 g/mol. The van der Waals surface area contributed by atoms with Crippen molar-refractivity contribution < 1.29 is 19.4 Å². The number of likely N-dealkylation sites (N-methyl/N-ethyl adjacent to an activating group) is 1. The van der Waals surface area contributed by atoms with Crippen molar-refractivity contribution in [1.29, 1.82) is 0 Å². The molecule has 3 aliphatic rings. The van der Waals surface area contributed by atoms with E-state index in [2.05, 4.69) is 11.9 Å². The number of rotatable bonds is 2. The smallest absolute Gasteiger partial charge is 0.197 e. The lowest BCUT2D eigenvalue weighted by molar-refractivity contribution is -0.122. The number of phenolic OH excluding ortho intramolecular Hbond substituents is 1. The molecule has 0 spiro atoms. The third-order valence-corrected chi connectivity index (χ3v) is 6.19. The summed E-state index contributed by atoms with van der Waals surface area (Å²) in [6.07, 6.45) is 4.33. The molecule has 1 aliphatic heterocycles. The summed E-state index contributed by atoms with van der Waals surface area (Å²) in [4.78, 5) is 14.8. The molecule has 5 nitrogen and oxygen atoms in total. The largest absolute Gasteiger partial charge is 0.504 e. The van der Waals surface area contributed by atoms with Gasteiger partial charge in [0.25, 0.3) is 0 Å². The first kappa shape index (κ1) is 15.5. The van der Waals surface area contributed by atoms with Gasteiger partial charge in [-0.3, -0.25) is 4.79 Å². The van der Waals surface area contributed by atoms with E-state index in [1.807, 2.05) is 18.2 Å². The summed E-state index contributed by atoms with van der Waals surface area (Å²) in [6.45, 7) is 0.978. The topological polar surface area (TPSA) is 59.0 Å². The maximum atomic E-state index is 12.4. The zero-order valence-electron chi connectivity index (χ0n) is 14.3. The molecule has 3 atom stereocenters. The Morgan fingerprint density at radius 3 is 2.75 bits per heavy atom. The minimum absolute atomic E-state index is 0.0904. The minimum Gasteiger partial charge on any atom is -0.504 e. The average Bonchev–Trinajstić information content (AvgIpc) is 2.57. The van der Waals surface area contributed by atoms with Gasteiger partial charge in [0.05, 0.1) is 14.2 Å². The highest BCUT2D eigenvalue weighted by Crippen LogP contribution is 2.55. The number of fused-ring (bicyclic) bond motifs is 1. The van der Waals surface area contributed by atoms with Crippen LogP contribution in [0.2, 0.25) is 0 Å². The molecule has 5 heteroatoms. The molecule has 1 fully saturated rings. The number of hydrogen-bond acceptors (Lipinski definition) is 5. The summed E-state index contributed by atoms with van der Waals surface area (Å²) in [7, 11) is 5.26. The SMILES string of the molecule is COC1=C[C@]23CCN(C)[C@@H](Cc4cc(O)c(OC)cc42)[C@@H]3CC1=O. The molecule has 0 aromatic heterocycles. The predicted molar refractivity (Wildman–Crippen MR) is 89.3 cm³/mol. The second-order valence-electron chi connectivity index (χ2n) is 7.17. The van der Waals surface area contributed by atoms with Crippen LogP contribution in [0.1, 0.15) is 24.0 Å². The zero-order valence-corrected chi connectivity index (χ0v) is 14.3. The molecule has 24 heavy (non-hydrogen) atoms. The van der Waals surface area contributed by atoms with Gasteiger partial charge >= 0.3 is 0 Å². The summed E-state index contributed by atoms with van der Waals surface area (Å²) in [5, 5.41) is 10.2. The van der Waals surface area contributed by atoms with Gasteiger partial charge in [0, 0.05) is 17.9 Å². The van der Waals surface area contributed by atoms with Crippen LogP contribution in [-0.2, 0) is 21.4 Å². The number of allylic oxidation sites excluding steroid dienone is 2. The molecule has 128 valence electrons. The number of carbonyl (C=O) groups is 1. The van der Waals surface area contributed by atoms with E-state index in [-0.39, 0.29) is 22.9 Å². The highest BCUT2D eigenvalue weighted by Gasteiger charge is 2.55. The number of methoxy groups -OCH3 is 2. The molecule has 0 amide bonds. The monoisotopic (exact) mass is 329 g/mol. The Labute approximate surface area is 141 Å². The molecule has 2 aliphatic carbocycles. The fourth-order valence-electron chi connectivity index (χ4n) is 4.96. The van der Waals surface area contributed by atoms with Crippen molar-refractivity contribution in [3.05, 3.63) is 35.1 Å². The molecule has 1 saturated heterocycles. The van der Waals surface area contributed by atoms with Crippen LogP contribution >= 0.6 is 0 Å². The van der Waals surface area contributed by atoms with Gasteiger partial charge in [-0.2, -0.15) is 0 Å². The highest BCUT2D eigenvalue weighted by molar-refractivity contribution is 5.95. The molecule has 1 heterocycles. The van der Waals surface area contributed by atoms with Crippen molar-refractivity contribution in [3.63, 3.8) is 0 Å². The predicted octanol–water partition coefficient (Wildman–Crippen LogP) is 2.02. The first-order valence-corrected chi connectivity index (χ1v) is 8.41. The molecule has 0 saturated carbocycles. The minimum atomic E-state index is -0.217. The van der Waals surface area contributed by atoms with Crippen LogP contribution in [-0.4, -0.2) is 49.6 Å². The number of aromatic hydroxyl groups is 1. The number of nitrogens with zero attached hydrogens (tertiary/aromatic N) is 1. The number of likely N-dealkylation sites (tertiary alicyclic amines) is 1. The van der Waals surface area contributed by atoms with Crippen LogP contribution in [0.15, 0.2) is 24.0 Å². The maximum absolute atomic E-state index is 12.4. The number of Topliss-reactive ketones (excluding diaryl/α,β-unsaturated/α-hetero) is 1. The third-order valence-electron chi connectivity index (χ3n) is 6.19. The molecule has 1 N–H and O–H groups in total. The number of ketones is 1. The lowest BCUT2D eigenvalue weighted by Crippen LogP contribution is -2.60. The molecular formula is C19H23NO4. The van der Waals surface area contributed by atoms with Gasteiger partial charge in [0.2, 0.25) is 0 Å². The number of benzene rings is 1. The standard InChI is InChI=1S/C19H23NO4/c1-20-5-4-19-10-18(24-3)16(22)8-13(19)14(20)6-11-7-15(21)17(23-2)9-12(11)19/h7,9-10,13-14,21H,4-6,8H2,1-3H3/t13-,14-,19+/m0/s1. The highest BCUT2D eigenvalue weighted by atomic mass is 16.5. The van der Waals surface area contributed by atoms with Crippen molar-refractivity contribution in [1.82, 2.24) is 4.90 Å². The summed E-state index contributed by atoms with van der Waals surface area (Å²) in [6, 6.07) is 4.09. The first-order valence-electron chi connectivity index (χ1n) is 8.41. The normalized spacial score (nSPS) is 31.8. The Morgan fingerprint density at radius 2 is 2.04 bits per heavy atom. The Kier molecular flexibility index (Phi) is 3.39. The Morgan fingerprint density at radius 1 is 1.25 bits per heavy atom. The Bertz CT molecular complexity index is 741. The number of hydrogen-bond donors (Lipinski definition) is 1. The first-order chi connectivity index (χ1) is 11.5. The van der Waals surface area contributed by atoms with Crippen LogP contribution < -0.4 is 4.74 Å². The summed E-state index contributed by atoms with van der Waals surface area (Å²) >= 11 is 0. The van der Waals surface area contributed by atoms with Gasteiger partial charge in [-0.15, -0.1) is 0 Å². The van der Waals surface area contributed by atoms with Crippen LogP contribution in [0.3, 0.4) is 0 Å². The van der Waals surface area contributed by atoms with E-state index in [0.717, 1.165) is 24.9 Å². The van der Waals surface area contributed by atoms with Crippen molar-refractivity contribution >= 4 is 5.78 Å². The van der Waals surface area contributed by atoms with E-state index in [1.54, 1.807) is 14.2 Å². The van der Waals surface area contributed by atoms with E-state index in [1.165, 1.54) is 5.56 Å². The Hall–Kier alpha value is -2.01. The lowest BCUT2D eigenvalue weighted by Gasteiger charge is -2.56. The average molecular weight is 329 g/mol. The van der Waals surface area contributed by atoms with Gasteiger partial charge in [0.15, 0.2) is 23.0 Å². The van der Waals surface area contributed by atoms with Crippen LogP contribution in [0.25, 0.3) is 0 Å². The van der Waals surface area contributed by atoms with Crippen LogP contribution in [0.4, 0.5) is 0 Å². The molecule has 1 aromatic rings. The van der Waals surface area contributed by atoms with E-state index in [9.17, 15) is 9.90 Å². The quantitative estimate of drug-likeness (QED) is 0.899. The van der Waals surface area contributed by atoms with E-state index >= 15 is 0 Å². The second kappa shape index (κ2) is 5.24. The molecule has 0 radical (unpaired) electrons. The lowest BCUT2D eigenvalue weighted by atomic mass is 9.54. The Balaban J connectivity index is 1.97. The fraction of sp³-hybridized carbons (Fsp3) is 0.526. The molecule has 4 rings (SSSR count). The molecule has 0 unspecified atom stereocenters. The summed E-state index contributed by atoms with van der Waals surface area (Å²) < 4.78 is 10.7. The third kappa shape index (κ3) is 1.94. The molecule has 1 aromatic carbocycles. The van der Waals surface area contributed by atoms with Crippen molar-refractivity contribution in [2.24, 2.45) is 5.92 Å². The second-order valence-corrected chi connectivity index (χ2v) is 7.17. The van der Waals surface area contributed by atoms with Crippen molar-refractivity contribution in [2.45, 2.75) is 30.7 Å². The van der Waals surface area contributed by atoms with Gasteiger partial charge in [-0.1, -0.05) is 0 Å². The van der Waals surface area contributed by atoms with Gasteiger partial charge in [0.1, 0.15) is 0 Å². The van der Waals surface area contributed by atoms with Crippen molar-refractivity contribution in [2.75, 3.05) is 27.8 Å². The van der Waals surface area contributed by atoms with E-state index in [0.29, 0.717) is 24.0 Å². The molecule has 2 bridgehead atoms. The van der Waals surface area contributed by atoms with Gasteiger partial charge < -0.3 is 19.5 Å². The number of ether oxygens (including phenoxy) is 2. The van der Waals surface area contributed by atoms with Gasteiger partial charge in [-0.25, -0.2) is 0 Å². The number of phenols is 1. The summed E-state index contributed by atoms with van der Waals surface area (Å²) in [5.41, 5.74) is 2.10. The van der Waals surface area contributed by atoms with E-state index < -0.39 is 0 Å². The van der Waals surface area contributed by atoms with Crippen LogP contribution in [0.5, 0.6) is 11.5 Å². The summed E-state index contributed by atoms with van der Waals surface area (Å²) in [5.74, 6) is 1.46. The number of piperidine rings is 1. The maximum Gasteiger partial charge on any atom is 0.197 e. The van der Waals surface area contributed by atoms with E-state index in [4.69, 9.17) is 9.47 Å². The van der Waals surface area contributed by atoms with Gasteiger partial charge in [-0.05, 0) is 61.7 Å². The number of carbonyl (C=O) groups excluding carboxylic acids is 1. The van der Waals surface area contributed by atoms with Crippen molar-refractivity contribution in [3.8, 4) is 11.5 Å². The fourth-order valence-corrected chi connectivity index (χ4v) is 4.96. The van der Waals surface area contributed by atoms with Crippen LogP contribution in [0, 0.1) is 5.92 Å². The zero-order chi connectivity index (χ0) is 17.1.